The number of likely N-dealkylation sites (tertiary alicyclic amines) is 1. The van der Waals surface area contributed by atoms with Crippen molar-refractivity contribution >= 4 is 6.03 Å². The molecule has 2 rings (SSSR count). The number of hydrogen-bond donors (Lipinski definition) is 0. The first kappa shape index (κ1) is 13.1. The minimum absolute atomic E-state index is 0.1000. The van der Waals surface area contributed by atoms with E-state index in [-0.39, 0.29) is 6.03 Å². The second-order valence-corrected chi connectivity index (χ2v) is 6.40. The Kier molecular flexibility index (Phi) is 3.46. The molecule has 18 heavy (non-hydrogen) atoms. The lowest BCUT2D eigenvalue weighted by Gasteiger charge is -2.37. The molecule has 0 N–H and O–H groups in total. The molecular weight excluding hydrogens is 226 g/mol. The summed E-state index contributed by atoms with van der Waals surface area (Å²) in [6, 6.07) is 0.1000. The Morgan fingerprint density at radius 2 is 1.89 bits per heavy atom. The number of hydrogen-bond acceptors (Lipinski definition) is 1. The molecule has 1 amide bonds. The van der Waals surface area contributed by atoms with E-state index in [0.29, 0.717) is 5.41 Å². The van der Waals surface area contributed by atoms with Crippen molar-refractivity contribution in [2.24, 2.45) is 18.4 Å². The van der Waals surface area contributed by atoms with Crippen LogP contribution in [-0.4, -0.2) is 28.6 Å². The van der Waals surface area contributed by atoms with Crippen LogP contribution < -0.4 is 4.57 Å². The number of rotatable bonds is 0. The third kappa shape index (κ3) is 2.74. The fourth-order valence-corrected chi connectivity index (χ4v) is 2.66. The molecule has 1 aromatic heterocycles. The largest absolute Gasteiger partial charge is 0.415 e. The number of aromatic nitrogens is 2. The van der Waals surface area contributed by atoms with Crippen molar-refractivity contribution in [3.63, 3.8) is 0 Å². The molecular formula is C14H24N3O+. The summed E-state index contributed by atoms with van der Waals surface area (Å²) in [5, 5.41) is 0. The molecule has 0 saturated carbocycles. The van der Waals surface area contributed by atoms with Crippen LogP contribution in [0.3, 0.4) is 0 Å². The zero-order valence-electron chi connectivity index (χ0n) is 11.9. The number of aryl methyl sites for hydroxylation is 1. The van der Waals surface area contributed by atoms with Gasteiger partial charge in [-0.15, -0.1) is 0 Å². The van der Waals surface area contributed by atoms with Crippen molar-refractivity contribution in [2.75, 3.05) is 13.1 Å². The molecule has 0 radical (unpaired) electrons. The molecule has 4 heteroatoms. The SMILES string of the molecule is C[n+]1ccn(C(=O)N2CCC(C(C)(C)C)CC2)c1. The summed E-state index contributed by atoms with van der Waals surface area (Å²) in [7, 11) is 1.93. The Morgan fingerprint density at radius 3 is 2.33 bits per heavy atom. The van der Waals surface area contributed by atoms with Crippen LogP contribution in [0.15, 0.2) is 18.7 Å². The van der Waals surface area contributed by atoms with Gasteiger partial charge in [0.1, 0.15) is 12.4 Å². The Bertz CT molecular complexity index is 422. The predicted molar refractivity (Wildman–Crippen MR) is 70.2 cm³/mol. The highest BCUT2D eigenvalue weighted by atomic mass is 16.2. The maximum Gasteiger partial charge on any atom is 0.415 e. The van der Waals surface area contributed by atoms with Gasteiger partial charge in [0.25, 0.3) is 6.33 Å². The van der Waals surface area contributed by atoms with E-state index in [1.807, 2.05) is 35.2 Å². The van der Waals surface area contributed by atoms with Crippen LogP contribution in [0.2, 0.25) is 0 Å². The Labute approximate surface area is 109 Å². The van der Waals surface area contributed by atoms with Crippen molar-refractivity contribution in [3.8, 4) is 0 Å². The van der Waals surface area contributed by atoms with Crippen LogP contribution in [0.4, 0.5) is 4.79 Å². The summed E-state index contributed by atoms with van der Waals surface area (Å²) >= 11 is 0. The minimum Gasteiger partial charge on any atom is -0.304 e. The third-order valence-electron chi connectivity index (χ3n) is 3.98. The van der Waals surface area contributed by atoms with Crippen LogP contribution in [-0.2, 0) is 7.05 Å². The molecule has 0 unspecified atom stereocenters. The van der Waals surface area contributed by atoms with Crippen LogP contribution in [0, 0.1) is 11.3 Å². The molecule has 1 aliphatic heterocycles. The predicted octanol–water partition coefficient (Wildman–Crippen LogP) is 2.04. The second kappa shape index (κ2) is 4.75. The van der Waals surface area contributed by atoms with Crippen molar-refractivity contribution in [3.05, 3.63) is 18.7 Å². The molecule has 1 aromatic rings. The number of amides is 1. The molecule has 2 heterocycles. The van der Waals surface area contributed by atoms with Gasteiger partial charge in [-0.05, 0) is 24.2 Å². The zero-order chi connectivity index (χ0) is 13.3. The van der Waals surface area contributed by atoms with E-state index in [1.165, 1.54) is 0 Å². The van der Waals surface area contributed by atoms with Crippen molar-refractivity contribution < 1.29 is 9.36 Å². The highest BCUT2D eigenvalue weighted by Crippen LogP contribution is 2.34. The molecule has 0 atom stereocenters. The van der Waals surface area contributed by atoms with E-state index in [4.69, 9.17) is 0 Å². The standard InChI is InChI=1S/C14H24N3O/c1-14(2,3)12-5-7-16(8-6-12)13(18)17-10-9-15(4)11-17/h9-12H,5-8H2,1-4H3/q+1. The summed E-state index contributed by atoms with van der Waals surface area (Å²) in [4.78, 5) is 14.2. The lowest BCUT2D eigenvalue weighted by molar-refractivity contribution is -0.670. The maximum absolute atomic E-state index is 12.2. The summed E-state index contributed by atoms with van der Waals surface area (Å²) in [6.07, 6.45) is 7.75. The van der Waals surface area contributed by atoms with Gasteiger partial charge in [0.05, 0.1) is 7.05 Å². The smallest absolute Gasteiger partial charge is 0.304 e. The quantitative estimate of drug-likeness (QED) is 0.648. The Hall–Kier alpha value is -1.32. The van der Waals surface area contributed by atoms with Crippen LogP contribution in [0.5, 0.6) is 0 Å². The molecule has 4 nitrogen and oxygen atoms in total. The molecule has 0 aliphatic carbocycles. The monoisotopic (exact) mass is 250 g/mol. The summed E-state index contributed by atoms with van der Waals surface area (Å²) in [6.45, 7) is 8.63. The average Bonchev–Trinajstić information content (AvgIpc) is 2.74. The maximum atomic E-state index is 12.2. The fraction of sp³-hybridized carbons (Fsp3) is 0.714. The third-order valence-corrected chi connectivity index (χ3v) is 3.98. The molecule has 1 aliphatic rings. The van der Waals surface area contributed by atoms with E-state index in [9.17, 15) is 4.79 Å². The van der Waals surface area contributed by atoms with Gasteiger partial charge in [-0.25, -0.2) is 9.36 Å². The first-order valence-electron chi connectivity index (χ1n) is 6.70. The molecule has 100 valence electrons. The number of carbonyl (C=O) groups excluding carboxylic acids is 1. The molecule has 1 saturated heterocycles. The number of nitrogens with zero attached hydrogens (tertiary/aromatic N) is 3. The minimum atomic E-state index is 0.1000. The van der Waals surface area contributed by atoms with E-state index < -0.39 is 0 Å². The van der Waals surface area contributed by atoms with Gasteiger partial charge < -0.3 is 4.90 Å². The highest BCUT2D eigenvalue weighted by molar-refractivity contribution is 5.76. The van der Waals surface area contributed by atoms with Gasteiger partial charge in [0.15, 0.2) is 0 Å². The Balaban J connectivity index is 1.96. The average molecular weight is 250 g/mol. The van der Waals surface area contributed by atoms with Crippen molar-refractivity contribution in [1.82, 2.24) is 9.47 Å². The van der Waals surface area contributed by atoms with Crippen molar-refractivity contribution in [1.29, 1.82) is 0 Å². The first-order valence-corrected chi connectivity index (χ1v) is 6.70. The van der Waals surface area contributed by atoms with E-state index in [0.717, 1.165) is 31.8 Å². The lowest BCUT2D eigenvalue weighted by Crippen LogP contribution is -2.43. The zero-order valence-corrected chi connectivity index (χ0v) is 11.9. The van der Waals surface area contributed by atoms with Gasteiger partial charge in [0.2, 0.25) is 0 Å². The molecule has 0 bridgehead atoms. The summed E-state index contributed by atoms with van der Waals surface area (Å²) in [5.41, 5.74) is 0.356. The highest BCUT2D eigenvalue weighted by Gasteiger charge is 2.32. The van der Waals surface area contributed by atoms with E-state index in [1.54, 1.807) is 4.57 Å². The fourth-order valence-electron chi connectivity index (χ4n) is 2.66. The number of imidazole rings is 1. The van der Waals surface area contributed by atoms with Gasteiger partial charge in [0, 0.05) is 13.1 Å². The Morgan fingerprint density at radius 1 is 1.28 bits per heavy atom. The first-order chi connectivity index (χ1) is 8.38. The molecule has 0 aromatic carbocycles. The summed E-state index contributed by atoms with van der Waals surface area (Å²) < 4.78 is 3.55. The van der Waals surface area contributed by atoms with Crippen LogP contribution in [0.1, 0.15) is 33.6 Å². The van der Waals surface area contributed by atoms with Gasteiger partial charge in [-0.1, -0.05) is 20.8 Å². The topological polar surface area (TPSA) is 29.1 Å². The molecule has 1 fully saturated rings. The lowest BCUT2D eigenvalue weighted by atomic mass is 9.75. The summed E-state index contributed by atoms with van der Waals surface area (Å²) in [5.74, 6) is 0.724. The second-order valence-electron chi connectivity index (χ2n) is 6.40. The normalized spacial score (nSPS) is 18.1. The van der Waals surface area contributed by atoms with Gasteiger partial charge >= 0.3 is 6.03 Å². The number of piperidine rings is 1. The van der Waals surface area contributed by atoms with Crippen molar-refractivity contribution in [2.45, 2.75) is 33.6 Å². The van der Waals surface area contributed by atoms with E-state index in [2.05, 4.69) is 20.8 Å². The number of carbonyl (C=O) groups is 1. The van der Waals surface area contributed by atoms with Crippen LogP contribution in [0.25, 0.3) is 0 Å². The van der Waals surface area contributed by atoms with Gasteiger partial charge in [-0.3, -0.25) is 0 Å². The van der Waals surface area contributed by atoms with Crippen LogP contribution >= 0.6 is 0 Å². The van der Waals surface area contributed by atoms with Gasteiger partial charge in [-0.2, -0.15) is 4.57 Å². The van der Waals surface area contributed by atoms with E-state index >= 15 is 0 Å². The molecule has 0 spiro atoms.